The molecule has 0 fully saturated rings. The third kappa shape index (κ3) is 3.47. The van der Waals surface area contributed by atoms with E-state index in [0.29, 0.717) is 12.2 Å². The molecule has 4 heteroatoms. The van der Waals surface area contributed by atoms with E-state index in [4.69, 9.17) is 0 Å². The second-order valence-electron chi connectivity index (χ2n) is 3.88. The summed E-state index contributed by atoms with van der Waals surface area (Å²) in [7, 11) is 3.81. The van der Waals surface area contributed by atoms with E-state index < -0.39 is 0 Å². The Hall–Kier alpha value is -1.16. The molecule has 0 aliphatic heterocycles. The van der Waals surface area contributed by atoms with Gasteiger partial charge in [0.25, 0.3) is 0 Å². The number of aromatic nitrogens is 2. The summed E-state index contributed by atoms with van der Waals surface area (Å²) in [5, 5.41) is 3.01. The fourth-order valence-corrected chi connectivity index (χ4v) is 1.54. The highest BCUT2D eigenvalue weighted by Crippen LogP contribution is 2.04. The molecule has 4 nitrogen and oxygen atoms in total. The lowest BCUT2D eigenvalue weighted by Gasteiger charge is -2.09. The van der Waals surface area contributed by atoms with Crippen molar-refractivity contribution in [2.75, 3.05) is 13.6 Å². The predicted molar refractivity (Wildman–Crippen MR) is 59.6 cm³/mol. The normalized spacial score (nSPS) is 12.7. The van der Waals surface area contributed by atoms with E-state index in [-0.39, 0.29) is 5.92 Å². The minimum atomic E-state index is 0.0928. The van der Waals surface area contributed by atoms with Crippen LogP contribution in [0.5, 0.6) is 0 Å². The number of carbonyl (C=O) groups excluding carboxylic acids is 1. The zero-order chi connectivity index (χ0) is 11.3. The first-order chi connectivity index (χ1) is 7.15. The van der Waals surface area contributed by atoms with Gasteiger partial charge in [0.15, 0.2) is 0 Å². The average molecular weight is 209 g/mol. The highest BCUT2D eigenvalue weighted by Gasteiger charge is 2.12. The van der Waals surface area contributed by atoms with Gasteiger partial charge in [-0.15, -0.1) is 0 Å². The molecule has 0 saturated carbocycles. The molecule has 0 saturated heterocycles. The summed E-state index contributed by atoms with van der Waals surface area (Å²) in [6, 6.07) is 0. The molecule has 15 heavy (non-hydrogen) atoms. The number of hydrogen-bond acceptors (Lipinski definition) is 3. The molecule has 0 aliphatic rings. The van der Waals surface area contributed by atoms with Crippen LogP contribution < -0.4 is 5.32 Å². The van der Waals surface area contributed by atoms with Crippen molar-refractivity contribution in [2.45, 2.75) is 19.8 Å². The second-order valence-corrected chi connectivity index (χ2v) is 3.88. The Labute approximate surface area is 90.7 Å². The first-order valence-corrected chi connectivity index (χ1v) is 5.28. The van der Waals surface area contributed by atoms with Crippen molar-refractivity contribution < 1.29 is 4.79 Å². The van der Waals surface area contributed by atoms with Gasteiger partial charge in [-0.25, -0.2) is 4.98 Å². The van der Waals surface area contributed by atoms with Crippen molar-refractivity contribution in [3.05, 3.63) is 18.2 Å². The van der Waals surface area contributed by atoms with Crippen LogP contribution in [0.1, 0.15) is 19.2 Å². The van der Waals surface area contributed by atoms with Gasteiger partial charge in [0.05, 0.1) is 0 Å². The molecule has 1 atom stereocenters. The van der Waals surface area contributed by atoms with Crippen LogP contribution in [-0.4, -0.2) is 28.9 Å². The molecule has 0 bridgehead atoms. The molecule has 1 aromatic heterocycles. The molecular formula is C11H19N3O. The zero-order valence-corrected chi connectivity index (χ0v) is 9.66. The average Bonchev–Trinajstić information content (AvgIpc) is 2.61. The van der Waals surface area contributed by atoms with Gasteiger partial charge in [-0.3, -0.25) is 4.79 Å². The Morgan fingerprint density at radius 1 is 1.67 bits per heavy atom. The van der Waals surface area contributed by atoms with Crippen LogP contribution in [0.15, 0.2) is 12.4 Å². The maximum atomic E-state index is 11.7. The largest absolute Gasteiger partial charge is 0.338 e. The highest BCUT2D eigenvalue weighted by atomic mass is 16.1. The minimum Gasteiger partial charge on any atom is -0.338 e. The van der Waals surface area contributed by atoms with Crippen molar-refractivity contribution in [1.29, 1.82) is 0 Å². The Balaban J connectivity index is 2.37. The van der Waals surface area contributed by atoms with Gasteiger partial charge in [-0.05, 0) is 7.05 Å². The van der Waals surface area contributed by atoms with Gasteiger partial charge in [-0.2, -0.15) is 0 Å². The summed E-state index contributed by atoms with van der Waals surface area (Å²) in [5.41, 5.74) is 0. The van der Waals surface area contributed by atoms with Crippen LogP contribution in [0, 0.1) is 5.92 Å². The number of imidazole rings is 1. The number of nitrogens with zero attached hydrogens (tertiary/aromatic N) is 2. The van der Waals surface area contributed by atoms with E-state index in [0.717, 1.165) is 18.8 Å². The third-order valence-corrected chi connectivity index (χ3v) is 2.58. The molecule has 0 radical (unpaired) electrons. The number of aryl methyl sites for hydroxylation is 2. The standard InChI is InChI=1S/C11H19N3O/c1-9(8-12-2)10(15)4-5-11-13-6-7-14(11)3/h6-7,9,12H,4-5,8H2,1-3H3. The molecule has 0 aliphatic carbocycles. The lowest BCUT2D eigenvalue weighted by Crippen LogP contribution is -2.24. The summed E-state index contributed by atoms with van der Waals surface area (Å²) in [5.74, 6) is 1.36. The van der Waals surface area contributed by atoms with Crippen molar-refractivity contribution in [1.82, 2.24) is 14.9 Å². The second kappa shape index (κ2) is 5.66. The van der Waals surface area contributed by atoms with E-state index in [2.05, 4.69) is 10.3 Å². The van der Waals surface area contributed by atoms with Gasteiger partial charge >= 0.3 is 0 Å². The van der Waals surface area contributed by atoms with E-state index in [1.165, 1.54) is 0 Å². The van der Waals surface area contributed by atoms with Crippen molar-refractivity contribution in [2.24, 2.45) is 13.0 Å². The van der Waals surface area contributed by atoms with Crippen LogP contribution >= 0.6 is 0 Å². The van der Waals surface area contributed by atoms with Crippen molar-refractivity contribution in [3.8, 4) is 0 Å². The topological polar surface area (TPSA) is 46.9 Å². The Morgan fingerprint density at radius 2 is 2.40 bits per heavy atom. The molecule has 1 rings (SSSR count). The molecule has 0 amide bonds. The quantitative estimate of drug-likeness (QED) is 0.753. The fraction of sp³-hybridized carbons (Fsp3) is 0.636. The van der Waals surface area contributed by atoms with Crippen LogP contribution in [-0.2, 0) is 18.3 Å². The molecule has 1 heterocycles. The highest BCUT2D eigenvalue weighted by molar-refractivity contribution is 5.81. The third-order valence-electron chi connectivity index (χ3n) is 2.58. The summed E-state index contributed by atoms with van der Waals surface area (Å²) in [4.78, 5) is 15.9. The van der Waals surface area contributed by atoms with Crippen LogP contribution in [0.2, 0.25) is 0 Å². The molecule has 1 aromatic rings. The number of Topliss-reactive ketones (excluding diaryl/α,β-unsaturated/α-hetero) is 1. The van der Waals surface area contributed by atoms with Gasteiger partial charge in [0, 0.05) is 44.7 Å². The van der Waals surface area contributed by atoms with Gasteiger partial charge in [0.2, 0.25) is 0 Å². The van der Waals surface area contributed by atoms with E-state index in [1.54, 1.807) is 6.20 Å². The predicted octanol–water partition coefficient (Wildman–Crippen LogP) is 0.777. The first kappa shape index (κ1) is 11.9. The molecular weight excluding hydrogens is 190 g/mol. The summed E-state index contributed by atoms with van der Waals surface area (Å²) in [6.45, 7) is 2.71. The van der Waals surface area contributed by atoms with Crippen molar-refractivity contribution in [3.63, 3.8) is 0 Å². The van der Waals surface area contributed by atoms with Crippen molar-refractivity contribution >= 4 is 5.78 Å². The molecule has 1 unspecified atom stereocenters. The van der Waals surface area contributed by atoms with Gasteiger partial charge in [0.1, 0.15) is 11.6 Å². The van der Waals surface area contributed by atoms with E-state index in [9.17, 15) is 4.79 Å². The van der Waals surface area contributed by atoms with E-state index in [1.807, 2.05) is 31.8 Å². The summed E-state index contributed by atoms with van der Waals surface area (Å²) >= 11 is 0. The fourth-order valence-electron chi connectivity index (χ4n) is 1.54. The Morgan fingerprint density at radius 3 is 2.93 bits per heavy atom. The summed E-state index contributed by atoms with van der Waals surface area (Å²) < 4.78 is 1.95. The maximum Gasteiger partial charge on any atom is 0.137 e. The number of ketones is 1. The van der Waals surface area contributed by atoms with Gasteiger partial charge < -0.3 is 9.88 Å². The Bertz CT molecular complexity index is 319. The van der Waals surface area contributed by atoms with Crippen LogP contribution in [0.3, 0.4) is 0 Å². The monoisotopic (exact) mass is 209 g/mol. The minimum absolute atomic E-state index is 0.0928. The van der Waals surface area contributed by atoms with Crippen LogP contribution in [0.25, 0.3) is 0 Å². The summed E-state index contributed by atoms with van der Waals surface area (Å²) in [6.07, 6.45) is 4.97. The first-order valence-electron chi connectivity index (χ1n) is 5.28. The molecule has 0 aromatic carbocycles. The molecule has 1 N–H and O–H groups in total. The number of nitrogens with one attached hydrogen (secondary N) is 1. The SMILES string of the molecule is CNCC(C)C(=O)CCc1nccn1C. The van der Waals surface area contributed by atoms with Crippen LogP contribution in [0.4, 0.5) is 0 Å². The number of rotatable bonds is 6. The number of hydrogen-bond donors (Lipinski definition) is 1. The Kier molecular flexibility index (Phi) is 4.49. The zero-order valence-electron chi connectivity index (χ0n) is 9.66. The molecule has 84 valence electrons. The van der Waals surface area contributed by atoms with Gasteiger partial charge in [-0.1, -0.05) is 6.92 Å². The lowest BCUT2D eigenvalue weighted by atomic mass is 10.0. The number of carbonyl (C=O) groups is 1. The molecule has 0 spiro atoms. The maximum absolute atomic E-state index is 11.7. The lowest BCUT2D eigenvalue weighted by molar-refractivity contribution is -0.122. The van der Waals surface area contributed by atoms with E-state index >= 15 is 0 Å². The smallest absolute Gasteiger partial charge is 0.137 e.